The molecule has 148 valence electrons. The molecule has 3 atom stereocenters. The third-order valence-corrected chi connectivity index (χ3v) is 4.34. The average Bonchev–Trinajstić information content (AvgIpc) is 2.60. The SMILES string of the molecule is CCNC(=NCC(O)c1ccncc1)NC1CCCC(C(F)(F)F)C1.I. The van der Waals surface area contributed by atoms with Crippen molar-refractivity contribution in [3.05, 3.63) is 30.1 Å². The summed E-state index contributed by atoms with van der Waals surface area (Å²) in [6.45, 7) is 2.59. The zero-order valence-electron chi connectivity index (χ0n) is 14.7. The summed E-state index contributed by atoms with van der Waals surface area (Å²) in [5.74, 6) is -0.826. The van der Waals surface area contributed by atoms with Gasteiger partial charge in [-0.3, -0.25) is 9.98 Å². The number of halogens is 4. The van der Waals surface area contributed by atoms with Crippen molar-refractivity contribution >= 4 is 29.9 Å². The van der Waals surface area contributed by atoms with Gasteiger partial charge in [-0.15, -0.1) is 24.0 Å². The van der Waals surface area contributed by atoms with Crippen LogP contribution < -0.4 is 10.6 Å². The van der Waals surface area contributed by atoms with Gasteiger partial charge in [-0.2, -0.15) is 13.2 Å². The minimum absolute atomic E-state index is 0. The van der Waals surface area contributed by atoms with Crippen molar-refractivity contribution in [1.82, 2.24) is 15.6 Å². The first-order chi connectivity index (χ1) is 11.9. The number of guanidine groups is 1. The monoisotopic (exact) mass is 486 g/mol. The highest BCUT2D eigenvalue weighted by molar-refractivity contribution is 14.0. The summed E-state index contributed by atoms with van der Waals surface area (Å²) in [6, 6.07) is 3.14. The highest BCUT2D eigenvalue weighted by Gasteiger charge is 2.42. The summed E-state index contributed by atoms with van der Waals surface area (Å²) in [4.78, 5) is 8.21. The zero-order valence-corrected chi connectivity index (χ0v) is 17.0. The van der Waals surface area contributed by atoms with Crippen molar-refractivity contribution < 1.29 is 18.3 Å². The van der Waals surface area contributed by atoms with Crippen LogP contribution in [-0.2, 0) is 0 Å². The maximum atomic E-state index is 12.9. The lowest BCUT2D eigenvalue weighted by atomic mass is 9.85. The Bertz CT molecular complexity index is 557. The van der Waals surface area contributed by atoms with Crippen molar-refractivity contribution in [1.29, 1.82) is 0 Å². The number of nitrogens with one attached hydrogen (secondary N) is 2. The molecule has 9 heteroatoms. The van der Waals surface area contributed by atoms with Crippen LogP contribution in [0.15, 0.2) is 29.5 Å². The zero-order chi connectivity index (χ0) is 18.3. The van der Waals surface area contributed by atoms with Gasteiger partial charge in [-0.05, 0) is 43.9 Å². The fourth-order valence-corrected chi connectivity index (χ4v) is 3.00. The maximum Gasteiger partial charge on any atom is 0.391 e. The largest absolute Gasteiger partial charge is 0.391 e. The summed E-state index contributed by atoms with van der Waals surface area (Å²) < 4.78 is 38.8. The standard InChI is InChI=1S/C17H25F3N4O.HI/c1-2-22-16(23-11-15(25)12-6-8-21-9-7-12)24-14-5-3-4-13(10-14)17(18,19)20;/h6-9,13-15,25H,2-5,10-11H2,1H3,(H2,22,23,24);1H. The molecule has 26 heavy (non-hydrogen) atoms. The van der Waals surface area contributed by atoms with E-state index in [0.717, 1.165) is 0 Å². The third-order valence-electron chi connectivity index (χ3n) is 4.34. The third kappa shape index (κ3) is 7.26. The first-order valence-electron chi connectivity index (χ1n) is 8.59. The van der Waals surface area contributed by atoms with Crippen molar-refractivity contribution in [2.45, 2.75) is 50.9 Å². The lowest BCUT2D eigenvalue weighted by molar-refractivity contribution is -0.183. The Morgan fingerprint density at radius 3 is 2.65 bits per heavy atom. The second-order valence-electron chi connectivity index (χ2n) is 6.26. The van der Waals surface area contributed by atoms with E-state index in [-0.39, 0.29) is 49.4 Å². The molecule has 0 radical (unpaired) electrons. The summed E-state index contributed by atoms with van der Waals surface area (Å²) in [7, 11) is 0. The van der Waals surface area contributed by atoms with E-state index < -0.39 is 18.2 Å². The summed E-state index contributed by atoms with van der Waals surface area (Å²) in [5, 5.41) is 16.3. The van der Waals surface area contributed by atoms with Crippen molar-refractivity contribution in [3.63, 3.8) is 0 Å². The number of aliphatic hydroxyl groups excluding tert-OH is 1. The summed E-state index contributed by atoms with van der Waals surface area (Å²) in [6.07, 6.45) is -0.279. The molecule has 0 aliphatic heterocycles. The molecular weight excluding hydrogens is 460 g/mol. The molecule has 3 unspecified atom stereocenters. The van der Waals surface area contributed by atoms with Crippen molar-refractivity contribution in [2.75, 3.05) is 13.1 Å². The highest BCUT2D eigenvalue weighted by atomic mass is 127. The molecule has 1 aromatic rings. The van der Waals surface area contributed by atoms with Crippen LogP contribution in [0, 0.1) is 5.92 Å². The topological polar surface area (TPSA) is 69.5 Å². The van der Waals surface area contributed by atoms with Crippen LogP contribution >= 0.6 is 24.0 Å². The second kappa shape index (κ2) is 10.9. The molecule has 1 aromatic heterocycles. The van der Waals surface area contributed by atoms with E-state index in [2.05, 4.69) is 20.6 Å². The van der Waals surface area contributed by atoms with Crippen LogP contribution in [0.5, 0.6) is 0 Å². The molecule has 1 fully saturated rings. The Kier molecular flexibility index (Phi) is 9.62. The Balaban J connectivity index is 0.00000338. The van der Waals surface area contributed by atoms with Crippen LogP contribution in [0.3, 0.4) is 0 Å². The Morgan fingerprint density at radius 1 is 1.35 bits per heavy atom. The lowest BCUT2D eigenvalue weighted by Crippen LogP contribution is -2.47. The predicted molar refractivity (Wildman–Crippen MR) is 106 cm³/mol. The van der Waals surface area contributed by atoms with E-state index in [0.29, 0.717) is 30.9 Å². The van der Waals surface area contributed by atoms with Gasteiger partial charge in [0.2, 0.25) is 0 Å². The number of hydrogen-bond acceptors (Lipinski definition) is 3. The summed E-state index contributed by atoms with van der Waals surface area (Å²) in [5.41, 5.74) is 0.699. The molecule has 5 nitrogen and oxygen atoms in total. The quantitative estimate of drug-likeness (QED) is 0.339. The molecule has 1 saturated carbocycles. The number of nitrogens with zero attached hydrogens (tertiary/aromatic N) is 2. The van der Waals surface area contributed by atoms with E-state index in [1.165, 1.54) is 0 Å². The molecular formula is C17H26F3IN4O. The first-order valence-corrected chi connectivity index (χ1v) is 8.59. The van der Waals surface area contributed by atoms with Crippen LogP contribution in [0.25, 0.3) is 0 Å². The van der Waals surface area contributed by atoms with Crippen LogP contribution in [0.4, 0.5) is 13.2 Å². The molecule has 2 rings (SSSR count). The van der Waals surface area contributed by atoms with Gasteiger partial charge in [0.15, 0.2) is 5.96 Å². The second-order valence-corrected chi connectivity index (χ2v) is 6.26. The van der Waals surface area contributed by atoms with Crippen LogP contribution in [0.2, 0.25) is 0 Å². The fraction of sp³-hybridized carbons (Fsp3) is 0.647. The number of pyridine rings is 1. The van der Waals surface area contributed by atoms with Crippen molar-refractivity contribution in [3.8, 4) is 0 Å². The smallest absolute Gasteiger partial charge is 0.386 e. The average molecular weight is 486 g/mol. The van der Waals surface area contributed by atoms with Crippen molar-refractivity contribution in [2.24, 2.45) is 10.9 Å². The molecule has 0 aromatic carbocycles. The van der Waals surface area contributed by atoms with Gasteiger partial charge in [-0.1, -0.05) is 6.42 Å². The van der Waals surface area contributed by atoms with Crippen LogP contribution in [0.1, 0.15) is 44.3 Å². The molecule has 0 bridgehead atoms. The molecule has 0 saturated heterocycles. The number of rotatable bonds is 5. The number of aliphatic hydroxyl groups is 1. The van der Waals surface area contributed by atoms with Gasteiger partial charge in [0, 0.05) is 25.0 Å². The first kappa shape index (κ1) is 22.9. The van der Waals surface area contributed by atoms with Gasteiger partial charge in [0.05, 0.1) is 18.6 Å². The number of hydrogen-bond donors (Lipinski definition) is 3. The minimum atomic E-state index is -4.15. The van der Waals surface area contributed by atoms with E-state index in [4.69, 9.17) is 0 Å². The van der Waals surface area contributed by atoms with Gasteiger partial charge in [0.25, 0.3) is 0 Å². The molecule has 3 N–H and O–H groups in total. The van der Waals surface area contributed by atoms with E-state index >= 15 is 0 Å². The fourth-order valence-electron chi connectivity index (χ4n) is 3.00. The number of aromatic nitrogens is 1. The normalized spacial score (nSPS) is 22.3. The van der Waals surface area contributed by atoms with E-state index in [1.54, 1.807) is 24.5 Å². The van der Waals surface area contributed by atoms with E-state index in [1.807, 2.05) is 6.92 Å². The van der Waals surface area contributed by atoms with Gasteiger partial charge >= 0.3 is 6.18 Å². The Morgan fingerprint density at radius 2 is 2.04 bits per heavy atom. The maximum absolute atomic E-state index is 12.9. The Hall–Kier alpha value is -1.10. The van der Waals surface area contributed by atoms with Gasteiger partial charge in [0.1, 0.15) is 0 Å². The molecule has 0 spiro atoms. The lowest BCUT2D eigenvalue weighted by Gasteiger charge is -2.32. The molecule has 1 aliphatic rings. The molecule has 0 amide bonds. The van der Waals surface area contributed by atoms with Crippen LogP contribution in [-0.4, -0.2) is 41.4 Å². The van der Waals surface area contributed by atoms with E-state index in [9.17, 15) is 18.3 Å². The molecule has 1 heterocycles. The predicted octanol–water partition coefficient (Wildman–Crippen LogP) is 3.41. The van der Waals surface area contributed by atoms with Gasteiger partial charge < -0.3 is 15.7 Å². The Labute approximate surface area is 168 Å². The number of aliphatic imine (C=N–C) groups is 1. The van der Waals surface area contributed by atoms with Gasteiger partial charge in [-0.25, -0.2) is 0 Å². The molecule has 1 aliphatic carbocycles. The minimum Gasteiger partial charge on any atom is -0.386 e. The summed E-state index contributed by atoms with van der Waals surface area (Å²) >= 11 is 0. The highest BCUT2D eigenvalue weighted by Crippen LogP contribution is 2.37. The number of alkyl halides is 3.